The lowest BCUT2D eigenvalue weighted by Gasteiger charge is -2.13. The van der Waals surface area contributed by atoms with Gasteiger partial charge in [-0.2, -0.15) is 0 Å². The Kier molecular flexibility index (Phi) is 5.62. The quantitative estimate of drug-likeness (QED) is 0.819. The van der Waals surface area contributed by atoms with E-state index in [2.05, 4.69) is 5.32 Å². The Balaban J connectivity index is 2.15. The Hall–Kier alpha value is -3.22. The van der Waals surface area contributed by atoms with Crippen LogP contribution in [0.15, 0.2) is 36.4 Å². The number of hydrogen-bond acceptors (Lipinski definition) is 6. The third kappa shape index (κ3) is 3.95. The molecule has 1 amide bonds. The number of carbonyl (C=O) groups is 2. The first-order valence-corrected chi connectivity index (χ1v) is 6.95. The first-order chi connectivity index (χ1) is 11.6. The third-order valence-electron chi connectivity index (χ3n) is 3.17. The lowest BCUT2D eigenvalue weighted by atomic mass is 10.2. The molecule has 0 radical (unpaired) electrons. The number of carbonyl (C=O) groups excluding carboxylic acids is 2. The number of methoxy groups -OCH3 is 3. The number of benzene rings is 2. The largest absolute Gasteiger partial charge is 0.497 e. The summed E-state index contributed by atoms with van der Waals surface area (Å²) in [7, 11) is 4.43. The van der Waals surface area contributed by atoms with Gasteiger partial charge in [0.25, 0.3) is 0 Å². The average Bonchev–Trinajstić information content (AvgIpc) is 2.62. The molecule has 7 nitrogen and oxygen atoms in total. The zero-order chi connectivity index (χ0) is 17.5. The van der Waals surface area contributed by atoms with E-state index in [9.17, 15) is 9.59 Å². The smallest absolute Gasteiger partial charge is 0.417 e. The molecule has 0 aliphatic carbocycles. The van der Waals surface area contributed by atoms with Crippen LogP contribution in [0.1, 0.15) is 10.4 Å². The highest BCUT2D eigenvalue weighted by atomic mass is 16.6. The lowest BCUT2D eigenvalue weighted by molar-refractivity contribution is 0.112. The molecule has 126 valence electrons. The minimum atomic E-state index is -0.726. The summed E-state index contributed by atoms with van der Waals surface area (Å²) < 4.78 is 20.6. The maximum absolute atomic E-state index is 12.1. The molecule has 0 aliphatic heterocycles. The van der Waals surface area contributed by atoms with E-state index in [1.54, 1.807) is 18.2 Å². The van der Waals surface area contributed by atoms with E-state index in [0.717, 1.165) is 0 Å². The van der Waals surface area contributed by atoms with Crippen LogP contribution >= 0.6 is 0 Å². The summed E-state index contributed by atoms with van der Waals surface area (Å²) in [6.07, 6.45) is -0.0511. The van der Waals surface area contributed by atoms with Crippen LogP contribution in [-0.2, 0) is 0 Å². The highest BCUT2D eigenvalue weighted by Gasteiger charge is 2.13. The average molecular weight is 331 g/mol. The zero-order valence-electron chi connectivity index (χ0n) is 13.5. The number of amides is 1. The van der Waals surface area contributed by atoms with Gasteiger partial charge < -0.3 is 18.9 Å². The Morgan fingerprint density at radius 3 is 2.29 bits per heavy atom. The van der Waals surface area contributed by atoms with Crippen molar-refractivity contribution in [2.75, 3.05) is 26.6 Å². The summed E-state index contributed by atoms with van der Waals surface area (Å²) in [5, 5.41) is 2.57. The van der Waals surface area contributed by atoms with Crippen LogP contribution in [0.2, 0.25) is 0 Å². The molecule has 24 heavy (non-hydrogen) atoms. The van der Waals surface area contributed by atoms with Crippen molar-refractivity contribution in [2.45, 2.75) is 0 Å². The van der Waals surface area contributed by atoms with E-state index in [0.29, 0.717) is 29.0 Å². The summed E-state index contributed by atoms with van der Waals surface area (Å²) >= 11 is 0. The zero-order valence-corrected chi connectivity index (χ0v) is 13.5. The van der Waals surface area contributed by atoms with Gasteiger partial charge in [0.1, 0.15) is 17.8 Å². The van der Waals surface area contributed by atoms with E-state index in [1.165, 1.54) is 39.5 Å². The molecule has 7 heteroatoms. The number of aldehydes is 1. The van der Waals surface area contributed by atoms with Crippen molar-refractivity contribution < 1.29 is 28.5 Å². The number of nitrogens with one attached hydrogen (secondary N) is 1. The maximum Gasteiger partial charge on any atom is 0.417 e. The molecule has 0 fully saturated rings. The molecule has 0 atom stereocenters. The van der Waals surface area contributed by atoms with E-state index in [1.807, 2.05) is 0 Å². The molecule has 0 aliphatic rings. The standard InChI is InChI=1S/C17H17NO6/c1-21-12-5-6-13(15(9-12)22-2)18-17(20)24-14-7-4-11(10-19)8-16(14)23-3/h4-10H,1-3H3,(H,18,20). The van der Waals surface area contributed by atoms with Crippen LogP contribution in [-0.4, -0.2) is 33.7 Å². The highest BCUT2D eigenvalue weighted by Crippen LogP contribution is 2.31. The van der Waals surface area contributed by atoms with Gasteiger partial charge >= 0.3 is 6.09 Å². The molecule has 0 bridgehead atoms. The molecule has 0 saturated heterocycles. The van der Waals surface area contributed by atoms with Crippen LogP contribution < -0.4 is 24.3 Å². The predicted octanol–water partition coefficient (Wildman–Crippen LogP) is 3.14. The van der Waals surface area contributed by atoms with Gasteiger partial charge in [-0.25, -0.2) is 4.79 Å². The fraction of sp³-hybridized carbons (Fsp3) is 0.176. The van der Waals surface area contributed by atoms with Gasteiger partial charge in [-0.15, -0.1) is 0 Å². The summed E-state index contributed by atoms with van der Waals surface area (Å²) in [6.45, 7) is 0. The van der Waals surface area contributed by atoms with Gasteiger partial charge in [0.15, 0.2) is 11.5 Å². The molecule has 0 saturated carbocycles. The van der Waals surface area contributed by atoms with Crippen LogP contribution in [0.5, 0.6) is 23.0 Å². The topological polar surface area (TPSA) is 83.1 Å². The van der Waals surface area contributed by atoms with Gasteiger partial charge in [-0.05, 0) is 30.3 Å². The summed E-state index contributed by atoms with van der Waals surface area (Å²) in [5.41, 5.74) is 0.836. The van der Waals surface area contributed by atoms with E-state index in [-0.39, 0.29) is 11.5 Å². The van der Waals surface area contributed by atoms with Gasteiger partial charge in [-0.3, -0.25) is 10.1 Å². The number of rotatable bonds is 6. The number of hydrogen-bond donors (Lipinski definition) is 1. The third-order valence-corrected chi connectivity index (χ3v) is 3.17. The predicted molar refractivity (Wildman–Crippen MR) is 87.6 cm³/mol. The van der Waals surface area contributed by atoms with E-state index < -0.39 is 6.09 Å². The SMILES string of the molecule is COc1ccc(NC(=O)Oc2ccc(C=O)cc2OC)c(OC)c1. The molecule has 0 unspecified atom stereocenters. The van der Waals surface area contributed by atoms with Gasteiger partial charge in [0.05, 0.1) is 27.0 Å². The highest BCUT2D eigenvalue weighted by molar-refractivity contribution is 5.89. The second-order valence-corrected chi connectivity index (χ2v) is 4.61. The molecule has 2 rings (SSSR count). The van der Waals surface area contributed by atoms with Gasteiger partial charge in [-0.1, -0.05) is 0 Å². The van der Waals surface area contributed by atoms with Crippen LogP contribution in [0.25, 0.3) is 0 Å². The molecule has 1 N–H and O–H groups in total. The van der Waals surface area contributed by atoms with Crippen LogP contribution in [0.4, 0.5) is 10.5 Å². The van der Waals surface area contributed by atoms with Crippen molar-refractivity contribution in [1.82, 2.24) is 0 Å². The monoisotopic (exact) mass is 331 g/mol. The number of ether oxygens (including phenoxy) is 4. The Labute approximate surface area is 139 Å². The molecular weight excluding hydrogens is 314 g/mol. The first-order valence-electron chi connectivity index (χ1n) is 6.95. The van der Waals surface area contributed by atoms with Crippen molar-refractivity contribution in [3.05, 3.63) is 42.0 Å². The van der Waals surface area contributed by atoms with Gasteiger partial charge in [0, 0.05) is 11.6 Å². The summed E-state index contributed by atoms with van der Waals surface area (Å²) in [4.78, 5) is 22.9. The normalized spacial score (nSPS) is 9.79. The second-order valence-electron chi connectivity index (χ2n) is 4.61. The molecule has 0 heterocycles. The molecule has 2 aromatic carbocycles. The second kappa shape index (κ2) is 7.87. The summed E-state index contributed by atoms with van der Waals surface area (Å²) in [5.74, 6) is 1.48. The van der Waals surface area contributed by atoms with Crippen molar-refractivity contribution in [3.63, 3.8) is 0 Å². The van der Waals surface area contributed by atoms with Crippen molar-refractivity contribution in [3.8, 4) is 23.0 Å². The van der Waals surface area contributed by atoms with Crippen LogP contribution in [0.3, 0.4) is 0 Å². The molecule has 0 aromatic heterocycles. The van der Waals surface area contributed by atoms with E-state index >= 15 is 0 Å². The van der Waals surface area contributed by atoms with Crippen molar-refractivity contribution in [2.24, 2.45) is 0 Å². The minimum Gasteiger partial charge on any atom is -0.497 e. The molecule has 2 aromatic rings. The number of anilines is 1. The Morgan fingerprint density at radius 2 is 1.67 bits per heavy atom. The van der Waals surface area contributed by atoms with E-state index in [4.69, 9.17) is 18.9 Å². The molecule has 0 spiro atoms. The lowest BCUT2D eigenvalue weighted by Crippen LogP contribution is -2.17. The Bertz CT molecular complexity index is 744. The van der Waals surface area contributed by atoms with Crippen molar-refractivity contribution >= 4 is 18.1 Å². The fourth-order valence-corrected chi connectivity index (χ4v) is 1.98. The Morgan fingerprint density at radius 1 is 0.917 bits per heavy atom. The van der Waals surface area contributed by atoms with Gasteiger partial charge in [0.2, 0.25) is 0 Å². The van der Waals surface area contributed by atoms with Crippen LogP contribution in [0, 0.1) is 0 Å². The summed E-state index contributed by atoms with van der Waals surface area (Å²) in [6, 6.07) is 9.42. The minimum absolute atomic E-state index is 0.188. The van der Waals surface area contributed by atoms with Crippen molar-refractivity contribution in [1.29, 1.82) is 0 Å². The molecular formula is C17H17NO6. The fourth-order valence-electron chi connectivity index (χ4n) is 1.98. The maximum atomic E-state index is 12.1. The first kappa shape index (κ1) is 17.1.